The van der Waals surface area contributed by atoms with Gasteiger partial charge in [-0.3, -0.25) is 14.5 Å². The average Bonchev–Trinajstić information content (AvgIpc) is 3.25. The molecular formula is C19H14N4O2S. The fraction of sp³-hybridized carbons (Fsp3) is 0.105. The zero-order valence-electron chi connectivity index (χ0n) is 13.9. The number of pyridine rings is 2. The Bertz CT molecular complexity index is 1330. The minimum Gasteiger partial charge on any atom is -0.491 e. The van der Waals surface area contributed by atoms with E-state index in [1.807, 2.05) is 36.7 Å². The van der Waals surface area contributed by atoms with Gasteiger partial charge in [0.1, 0.15) is 11.3 Å². The summed E-state index contributed by atoms with van der Waals surface area (Å²) in [5.41, 5.74) is 2.56. The zero-order valence-corrected chi connectivity index (χ0v) is 14.7. The molecule has 0 aliphatic carbocycles. The number of aromatic amines is 1. The molecule has 26 heavy (non-hydrogen) atoms. The number of nitrogens with one attached hydrogen (secondary N) is 1. The smallest absolute Gasteiger partial charge is 0.332 e. The number of benzene rings is 1. The Hall–Kier alpha value is -3.19. The SMILES string of the molecule is CCOc1ccnc2[nH]c(=O)n(-c3ccc4ncc5sccc5c4c3)c12. The zero-order chi connectivity index (χ0) is 17.7. The summed E-state index contributed by atoms with van der Waals surface area (Å²) in [6.07, 6.45) is 3.52. The number of hydrogen-bond acceptors (Lipinski definition) is 5. The molecule has 5 rings (SSSR count). The lowest BCUT2D eigenvalue weighted by Crippen LogP contribution is -2.15. The first kappa shape index (κ1) is 15.1. The molecule has 0 saturated carbocycles. The quantitative estimate of drug-likeness (QED) is 0.529. The lowest BCUT2D eigenvalue weighted by Gasteiger charge is -2.09. The van der Waals surface area contributed by atoms with Gasteiger partial charge in [-0.1, -0.05) is 0 Å². The van der Waals surface area contributed by atoms with Crippen LogP contribution in [0.3, 0.4) is 0 Å². The molecule has 1 aromatic carbocycles. The molecule has 0 amide bonds. The molecule has 0 unspecified atom stereocenters. The van der Waals surface area contributed by atoms with Crippen LogP contribution in [0.5, 0.6) is 5.75 Å². The van der Waals surface area contributed by atoms with Gasteiger partial charge in [0.15, 0.2) is 5.65 Å². The number of fused-ring (bicyclic) bond motifs is 4. The Morgan fingerprint density at radius 3 is 3.00 bits per heavy atom. The molecule has 0 spiro atoms. The van der Waals surface area contributed by atoms with E-state index < -0.39 is 0 Å². The Labute approximate surface area is 151 Å². The topological polar surface area (TPSA) is 72.8 Å². The van der Waals surface area contributed by atoms with Crippen LogP contribution in [0.25, 0.3) is 37.8 Å². The van der Waals surface area contributed by atoms with Crippen LogP contribution in [0.15, 0.2) is 52.9 Å². The predicted octanol–water partition coefficient (Wildman–Crippen LogP) is 3.88. The van der Waals surface area contributed by atoms with E-state index in [2.05, 4.69) is 21.0 Å². The summed E-state index contributed by atoms with van der Waals surface area (Å²) in [7, 11) is 0. The van der Waals surface area contributed by atoms with Crippen LogP contribution in [0.2, 0.25) is 0 Å². The summed E-state index contributed by atoms with van der Waals surface area (Å²) < 4.78 is 8.44. The van der Waals surface area contributed by atoms with E-state index in [4.69, 9.17) is 4.74 Å². The lowest BCUT2D eigenvalue weighted by atomic mass is 10.1. The van der Waals surface area contributed by atoms with Gasteiger partial charge in [0.25, 0.3) is 0 Å². The summed E-state index contributed by atoms with van der Waals surface area (Å²) in [5.74, 6) is 0.628. The minimum absolute atomic E-state index is 0.246. The first-order valence-corrected chi connectivity index (χ1v) is 9.13. The second-order valence-electron chi connectivity index (χ2n) is 5.86. The molecular weight excluding hydrogens is 348 g/mol. The second kappa shape index (κ2) is 5.67. The van der Waals surface area contributed by atoms with Crippen LogP contribution in [0.4, 0.5) is 0 Å². The van der Waals surface area contributed by atoms with Crippen molar-refractivity contribution in [3.8, 4) is 11.4 Å². The molecule has 1 N–H and O–H groups in total. The number of imidazole rings is 1. The van der Waals surface area contributed by atoms with Crippen molar-refractivity contribution >= 4 is 43.5 Å². The molecule has 6 nitrogen and oxygen atoms in total. The van der Waals surface area contributed by atoms with Gasteiger partial charge < -0.3 is 4.74 Å². The van der Waals surface area contributed by atoms with Crippen LogP contribution < -0.4 is 10.4 Å². The van der Waals surface area contributed by atoms with Gasteiger partial charge >= 0.3 is 5.69 Å². The van der Waals surface area contributed by atoms with Crippen molar-refractivity contribution < 1.29 is 4.74 Å². The van der Waals surface area contributed by atoms with Gasteiger partial charge in [0, 0.05) is 29.2 Å². The maximum absolute atomic E-state index is 12.6. The van der Waals surface area contributed by atoms with E-state index >= 15 is 0 Å². The monoisotopic (exact) mass is 362 g/mol. The molecule has 4 heterocycles. The Morgan fingerprint density at radius 1 is 1.19 bits per heavy atom. The molecule has 0 aliphatic rings. The minimum atomic E-state index is -0.246. The molecule has 0 radical (unpaired) electrons. The number of H-pyrrole nitrogens is 1. The van der Waals surface area contributed by atoms with Crippen LogP contribution >= 0.6 is 11.3 Å². The van der Waals surface area contributed by atoms with Gasteiger partial charge in [0.2, 0.25) is 0 Å². The van der Waals surface area contributed by atoms with Crippen molar-refractivity contribution in [2.45, 2.75) is 6.92 Å². The third kappa shape index (κ3) is 2.14. The number of thiophene rings is 1. The molecule has 4 aromatic heterocycles. The fourth-order valence-corrected chi connectivity index (χ4v) is 4.05. The highest BCUT2D eigenvalue weighted by Crippen LogP contribution is 2.30. The summed E-state index contributed by atoms with van der Waals surface area (Å²) in [6.45, 7) is 2.42. The van der Waals surface area contributed by atoms with Crippen LogP contribution in [-0.4, -0.2) is 26.1 Å². The van der Waals surface area contributed by atoms with Crippen molar-refractivity contribution in [1.29, 1.82) is 0 Å². The highest BCUT2D eigenvalue weighted by atomic mass is 32.1. The molecule has 5 aromatic rings. The van der Waals surface area contributed by atoms with Crippen molar-refractivity contribution in [3.05, 3.63) is 58.6 Å². The van der Waals surface area contributed by atoms with Gasteiger partial charge in [-0.25, -0.2) is 9.78 Å². The standard InChI is InChI=1S/C19H14N4O2S/c1-2-25-15-5-7-20-18-17(15)23(19(24)22-18)11-3-4-14-13(9-11)12-6-8-26-16(12)10-21-14/h3-10H,2H2,1H3,(H,20,22,24). The van der Waals surface area contributed by atoms with Crippen LogP contribution in [0.1, 0.15) is 6.92 Å². The van der Waals surface area contributed by atoms with Crippen molar-refractivity contribution in [2.75, 3.05) is 6.61 Å². The number of rotatable bonds is 3. The third-order valence-corrected chi connectivity index (χ3v) is 5.24. The van der Waals surface area contributed by atoms with Gasteiger partial charge in [-0.05, 0) is 36.6 Å². The first-order valence-electron chi connectivity index (χ1n) is 8.25. The molecule has 0 atom stereocenters. The van der Waals surface area contributed by atoms with E-state index in [1.165, 1.54) is 0 Å². The Kier molecular flexibility index (Phi) is 3.29. The maximum atomic E-state index is 12.6. The lowest BCUT2D eigenvalue weighted by molar-refractivity contribution is 0.343. The fourth-order valence-electron chi connectivity index (χ4n) is 3.28. The van der Waals surface area contributed by atoms with E-state index in [0.29, 0.717) is 23.5 Å². The highest BCUT2D eigenvalue weighted by molar-refractivity contribution is 7.17. The van der Waals surface area contributed by atoms with E-state index in [9.17, 15) is 4.79 Å². The average molecular weight is 362 g/mol. The molecule has 128 valence electrons. The predicted molar refractivity (Wildman–Crippen MR) is 104 cm³/mol. The highest BCUT2D eigenvalue weighted by Gasteiger charge is 2.15. The summed E-state index contributed by atoms with van der Waals surface area (Å²) in [6, 6.07) is 9.68. The summed E-state index contributed by atoms with van der Waals surface area (Å²) >= 11 is 1.65. The van der Waals surface area contributed by atoms with Crippen molar-refractivity contribution in [3.63, 3.8) is 0 Å². The van der Waals surface area contributed by atoms with Gasteiger partial charge in [-0.2, -0.15) is 0 Å². The van der Waals surface area contributed by atoms with Crippen molar-refractivity contribution in [1.82, 2.24) is 19.5 Å². The molecule has 0 saturated heterocycles. The van der Waals surface area contributed by atoms with Crippen molar-refractivity contribution in [2.24, 2.45) is 0 Å². The van der Waals surface area contributed by atoms with Crippen LogP contribution in [-0.2, 0) is 0 Å². The second-order valence-corrected chi connectivity index (χ2v) is 6.81. The van der Waals surface area contributed by atoms with Gasteiger partial charge in [0.05, 0.1) is 22.5 Å². The Morgan fingerprint density at radius 2 is 2.12 bits per heavy atom. The van der Waals surface area contributed by atoms with Gasteiger partial charge in [-0.15, -0.1) is 11.3 Å². The molecule has 0 aliphatic heterocycles. The van der Waals surface area contributed by atoms with E-state index in [1.54, 1.807) is 28.2 Å². The summed E-state index contributed by atoms with van der Waals surface area (Å²) in [4.78, 5) is 24.2. The molecule has 0 bridgehead atoms. The third-order valence-electron chi connectivity index (χ3n) is 4.38. The molecule has 0 fully saturated rings. The Balaban J connectivity index is 1.85. The van der Waals surface area contributed by atoms with Crippen LogP contribution in [0, 0.1) is 0 Å². The molecule has 7 heteroatoms. The largest absolute Gasteiger partial charge is 0.491 e. The number of hydrogen-bond donors (Lipinski definition) is 1. The normalized spacial score (nSPS) is 11.6. The maximum Gasteiger partial charge on any atom is 0.332 e. The number of ether oxygens (including phenoxy) is 1. The number of aromatic nitrogens is 4. The summed E-state index contributed by atoms with van der Waals surface area (Å²) in [5, 5.41) is 4.20. The van der Waals surface area contributed by atoms with E-state index in [0.717, 1.165) is 26.7 Å². The number of nitrogens with zero attached hydrogens (tertiary/aromatic N) is 3. The van der Waals surface area contributed by atoms with E-state index in [-0.39, 0.29) is 5.69 Å². The first-order chi connectivity index (χ1) is 12.8.